The van der Waals surface area contributed by atoms with Gasteiger partial charge in [0.15, 0.2) is 0 Å². The molecule has 0 unspecified atom stereocenters. The maximum atomic E-state index is 12.4. The van der Waals surface area contributed by atoms with Gasteiger partial charge in [0, 0.05) is 18.3 Å². The van der Waals surface area contributed by atoms with Crippen LogP contribution in [0.1, 0.15) is 36.7 Å². The molecule has 0 radical (unpaired) electrons. The Labute approximate surface area is 127 Å². The van der Waals surface area contributed by atoms with Crippen LogP contribution in [0.2, 0.25) is 0 Å². The third-order valence-electron chi connectivity index (χ3n) is 3.38. The molecule has 2 rings (SSSR count). The van der Waals surface area contributed by atoms with Gasteiger partial charge in [-0.1, -0.05) is 51.1 Å². The molecule has 110 valence electrons. The lowest BCUT2D eigenvalue weighted by Crippen LogP contribution is -2.26. The average molecular weight is 281 g/mol. The summed E-state index contributed by atoms with van der Waals surface area (Å²) in [5.74, 6) is 0.0131. The van der Waals surface area contributed by atoms with Gasteiger partial charge in [-0.15, -0.1) is 0 Å². The molecular formula is C19H23NO. The summed E-state index contributed by atoms with van der Waals surface area (Å²) in [6.45, 7) is 6.68. The van der Waals surface area contributed by atoms with Crippen LogP contribution < -0.4 is 4.90 Å². The molecule has 0 bridgehead atoms. The highest BCUT2D eigenvalue weighted by Crippen LogP contribution is 2.23. The highest BCUT2D eigenvalue weighted by atomic mass is 16.2. The highest BCUT2D eigenvalue weighted by molar-refractivity contribution is 6.05. The van der Waals surface area contributed by atoms with E-state index in [0.29, 0.717) is 5.56 Å². The normalized spacial score (nSPS) is 11.2. The molecule has 2 heteroatoms. The second kappa shape index (κ2) is 6.13. The van der Waals surface area contributed by atoms with E-state index in [-0.39, 0.29) is 11.3 Å². The molecule has 21 heavy (non-hydrogen) atoms. The van der Waals surface area contributed by atoms with Crippen molar-refractivity contribution >= 4 is 11.6 Å². The number of rotatable bonds is 3. The van der Waals surface area contributed by atoms with Gasteiger partial charge in [-0.05, 0) is 41.7 Å². The number of hydrogen-bond acceptors (Lipinski definition) is 1. The number of amides is 1. The topological polar surface area (TPSA) is 20.3 Å². The van der Waals surface area contributed by atoms with Gasteiger partial charge in [0.25, 0.3) is 5.91 Å². The lowest BCUT2D eigenvalue weighted by atomic mass is 9.88. The van der Waals surface area contributed by atoms with E-state index in [9.17, 15) is 4.79 Å². The minimum Gasteiger partial charge on any atom is -0.311 e. The summed E-state index contributed by atoms with van der Waals surface area (Å²) < 4.78 is 0. The van der Waals surface area contributed by atoms with Gasteiger partial charge in [-0.2, -0.15) is 0 Å². The number of hydrogen-bond donors (Lipinski definition) is 0. The molecule has 0 aliphatic rings. The zero-order chi connectivity index (χ0) is 15.5. The second-order valence-corrected chi connectivity index (χ2v) is 6.63. The Bertz CT molecular complexity index is 594. The molecule has 2 nitrogen and oxygen atoms in total. The fourth-order valence-corrected chi connectivity index (χ4v) is 2.34. The highest BCUT2D eigenvalue weighted by Gasteiger charge is 2.14. The Balaban J connectivity index is 2.13. The number of anilines is 1. The number of carbonyl (C=O) groups is 1. The standard InChI is InChI=1S/C19H23NO/c1-19(2,3)14-15-10-12-17(13-11-15)20(4)18(21)16-8-6-5-7-9-16/h5-13H,14H2,1-4H3. The first kappa shape index (κ1) is 15.3. The van der Waals surface area contributed by atoms with Crippen molar-refractivity contribution in [3.05, 3.63) is 65.7 Å². The lowest BCUT2D eigenvalue weighted by molar-refractivity contribution is 0.0993. The Morgan fingerprint density at radius 1 is 0.952 bits per heavy atom. The van der Waals surface area contributed by atoms with Gasteiger partial charge < -0.3 is 4.90 Å². The fourth-order valence-electron chi connectivity index (χ4n) is 2.34. The quantitative estimate of drug-likeness (QED) is 0.808. The summed E-state index contributed by atoms with van der Waals surface area (Å²) in [4.78, 5) is 14.1. The zero-order valence-corrected chi connectivity index (χ0v) is 13.3. The molecule has 2 aromatic rings. The van der Waals surface area contributed by atoms with Gasteiger partial charge in [0.2, 0.25) is 0 Å². The molecule has 0 fully saturated rings. The average Bonchev–Trinajstić information content (AvgIpc) is 2.46. The van der Waals surface area contributed by atoms with E-state index >= 15 is 0 Å². The van der Waals surface area contributed by atoms with Crippen molar-refractivity contribution in [2.75, 3.05) is 11.9 Å². The van der Waals surface area contributed by atoms with Crippen molar-refractivity contribution in [2.24, 2.45) is 5.41 Å². The first-order valence-corrected chi connectivity index (χ1v) is 7.29. The van der Waals surface area contributed by atoms with Crippen molar-refractivity contribution in [1.29, 1.82) is 0 Å². The minimum absolute atomic E-state index is 0.0131. The predicted octanol–water partition coefficient (Wildman–Crippen LogP) is 4.55. The third-order valence-corrected chi connectivity index (χ3v) is 3.38. The van der Waals surface area contributed by atoms with Crippen LogP contribution in [0.15, 0.2) is 54.6 Å². The van der Waals surface area contributed by atoms with Crippen LogP contribution in [0, 0.1) is 5.41 Å². The predicted molar refractivity (Wildman–Crippen MR) is 88.8 cm³/mol. The fraction of sp³-hybridized carbons (Fsp3) is 0.316. The SMILES string of the molecule is CN(C(=O)c1ccccc1)c1ccc(CC(C)(C)C)cc1. The summed E-state index contributed by atoms with van der Waals surface area (Å²) >= 11 is 0. The first-order valence-electron chi connectivity index (χ1n) is 7.29. The maximum Gasteiger partial charge on any atom is 0.258 e. The molecule has 0 spiro atoms. The van der Waals surface area contributed by atoms with E-state index < -0.39 is 0 Å². The van der Waals surface area contributed by atoms with Gasteiger partial charge in [0.1, 0.15) is 0 Å². The molecule has 2 aromatic carbocycles. The van der Waals surface area contributed by atoms with E-state index in [1.54, 1.807) is 4.90 Å². The summed E-state index contributed by atoms with van der Waals surface area (Å²) in [6, 6.07) is 17.6. The van der Waals surface area contributed by atoms with E-state index in [1.165, 1.54) is 5.56 Å². The lowest BCUT2D eigenvalue weighted by Gasteiger charge is -2.20. The largest absolute Gasteiger partial charge is 0.311 e. The molecule has 1 amide bonds. The van der Waals surface area contributed by atoms with Crippen LogP contribution in [-0.4, -0.2) is 13.0 Å². The molecule has 0 N–H and O–H groups in total. The molecular weight excluding hydrogens is 258 g/mol. The van der Waals surface area contributed by atoms with Crippen molar-refractivity contribution in [1.82, 2.24) is 0 Å². The zero-order valence-electron chi connectivity index (χ0n) is 13.3. The monoisotopic (exact) mass is 281 g/mol. The molecule has 0 heterocycles. The van der Waals surface area contributed by atoms with Crippen LogP contribution in [-0.2, 0) is 6.42 Å². The molecule has 0 saturated heterocycles. The molecule has 0 aromatic heterocycles. The summed E-state index contributed by atoms with van der Waals surface area (Å²) in [5, 5.41) is 0. The number of carbonyl (C=O) groups excluding carboxylic acids is 1. The second-order valence-electron chi connectivity index (χ2n) is 6.63. The Kier molecular flexibility index (Phi) is 4.46. The van der Waals surface area contributed by atoms with Crippen LogP contribution in [0.3, 0.4) is 0 Å². The van der Waals surface area contributed by atoms with Gasteiger partial charge >= 0.3 is 0 Å². The number of nitrogens with zero attached hydrogens (tertiary/aromatic N) is 1. The van der Waals surface area contributed by atoms with E-state index in [4.69, 9.17) is 0 Å². The van der Waals surface area contributed by atoms with Crippen molar-refractivity contribution in [3.63, 3.8) is 0 Å². The van der Waals surface area contributed by atoms with Crippen LogP contribution >= 0.6 is 0 Å². The molecule has 0 atom stereocenters. The molecule has 0 aliphatic carbocycles. The summed E-state index contributed by atoms with van der Waals surface area (Å²) in [5.41, 5.74) is 3.19. The van der Waals surface area contributed by atoms with Crippen LogP contribution in [0.5, 0.6) is 0 Å². The van der Waals surface area contributed by atoms with Crippen LogP contribution in [0.25, 0.3) is 0 Å². The minimum atomic E-state index is 0.0131. The summed E-state index contributed by atoms with van der Waals surface area (Å²) in [6.07, 6.45) is 1.03. The Hall–Kier alpha value is -2.09. The van der Waals surface area contributed by atoms with E-state index in [0.717, 1.165) is 12.1 Å². The molecule has 0 aliphatic heterocycles. The van der Waals surface area contributed by atoms with E-state index in [1.807, 2.05) is 49.5 Å². The first-order chi connectivity index (χ1) is 9.87. The smallest absolute Gasteiger partial charge is 0.258 e. The summed E-state index contributed by atoms with van der Waals surface area (Å²) in [7, 11) is 1.81. The molecule has 0 saturated carbocycles. The van der Waals surface area contributed by atoms with Crippen LogP contribution in [0.4, 0.5) is 5.69 Å². The Morgan fingerprint density at radius 2 is 1.52 bits per heavy atom. The Morgan fingerprint density at radius 3 is 2.05 bits per heavy atom. The maximum absolute atomic E-state index is 12.4. The van der Waals surface area contributed by atoms with Gasteiger partial charge in [-0.25, -0.2) is 0 Å². The third kappa shape index (κ3) is 4.19. The van der Waals surface area contributed by atoms with Gasteiger partial charge in [0.05, 0.1) is 0 Å². The van der Waals surface area contributed by atoms with E-state index in [2.05, 4.69) is 32.9 Å². The van der Waals surface area contributed by atoms with Crippen molar-refractivity contribution in [3.8, 4) is 0 Å². The van der Waals surface area contributed by atoms with Gasteiger partial charge in [-0.3, -0.25) is 4.79 Å². The number of benzene rings is 2. The van der Waals surface area contributed by atoms with Crippen molar-refractivity contribution < 1.29 is 4.79 Å². The van der Waals surface area contributed by atoms with Crippen molar-refractivity contribution in [2.45, 2.75) is 27.2 Å².